The molecular weight excluding hydrogens is 707 g/mol. The molecule has 3 aromatic carbocycles. The first-order chi connectivity index (χ1) is 25.4. The molecule has 0 unspecified atom stereocenters. The van der Waals surface area contributed by atoms with E-state index in [4.69, 9.17) is 9.47 Å². The molecule has 0 spiro atoms. The number of carbonyl (C=O) groups excluding carboxylic acids is 2. The van der Waals surface area contributed by atoms with Crippen molar-refractivity contribution in [3.8, 4) is 0 Å². The average molecular weight is 757 g/mol. The molecule has 14 heteroatoms. The van der Waals surface area contributed by atoms with Crippen molar-refractivity contribution in [1.29, 1.82) is 0 Å². The van der Waals surface area contributed by atoms with Crippen molar-refractivity contribution < 1.29 is 41.4 Å². The lowest BCUT2D eigenvalue weighted by Gasteiger charge is -2.27. The third kappa shape index (κ3) is 10.3. The highest BCUT2D eigenvalue weighted by Gasteiger charge is 2.37. The molecule has 0 aromatic heterocycles. The molecule has 5 rings (SSSR count). The maximum Gasteiger partial charge on any atom is 0.254 e. The lowest BCUT2D eigenvalue weighted by molar-refractivity contribution is 0.0630. The second-order valence-electron chi connectivity index (χ2n) is 13.8. The largest absolute Gasteiger partial charge is 0.390 e. The van der Waals surface area contributed by atoms with Gasteiger partial charge in [-0.15, -0.1) is 0 Å². The Balaban J connectivity index is 1.46. The molecule has 2 saturated heterocycles. The number of methoxy groups -OCH3 is 2. The first-order valence-corrected chi connectivity index (χ1v) is 19.6. The Morgan fingerprint density at radius 2 is 1.55 bits per heavy atom. The second-order valence-corrected chi connectivity index (χ2v) is 15.7. The molecule has 2 aliphatic heterocycles. The third-order valence-corrected chi connectivity index (χ3v) is 11.9. The molecule has 11 nitrogen and oxygen atoms in total. The Morgan fingerprint density at radius 3 is 2.26 bits per heavy atom. The van der Waals surface area contributed by atoms with Gasteiger partial charge in [0.25, 0.3) is 11.8 Å². The fourth-order valence-electron chi connectivity index (χ4n) is 7.24. The first kappa shape index (κ1) is 40.4. The Morgan fingerprint density at radius 1 is 0.887 bits per heavy atom. The number of benzene rings is 3. The molecule has 3 aromatic rings. The molecule has 53 heavy (non-hydrogen) atoms. The molecule has 2 aliphatic rings. The fraction of sp³-hybridized carbons (Fsp3) is 0.487. The van der Waals surface area contributed by atoms with Crippen molar-refractivity contribution in [3.05, 3.63) is 100 Å². The van der Waals surface area contributed by atoms with Gasteiger partial charge in [0.15, 0.2) is 0 Å². The van der Waals surface area contributed by atoms with E-state index in [1.165, 1.54) is 29.6 Å². The van der Waals surface area contributed by atoms with Crippen LogP contribution in [0.25, 0.3) is 0 Å². The van der Waals surface area contributed by atoms with Crippen LogP contribution < -0.4 is 10.6 Å². The molecule has 2 fully saturated rings. The minimum absolute atomic E-state index is 0.0157. The summed E-state index contributed by atoms with van der Waals surface area (Å²) in [5.41, 5.74) is 2.25. The van der Waals surface area contributed by atoms with Crippen LogP contribution in [0.2, 0.25) is 0 Å². The lowest BCUT2D eigenvalue weighted by atomic mass is 9.99. The minimum Gasteiger partial charge on any atom is -0.390 e. The number of rotatable bonds is 17. The summed E-state index contributed by atoms with van der Waals surface area (Å²) in [4.78, 5) is 29.5. The number of hydrogen-bond donors (Lipinski definition) is 3. The molecule has 4 atom stereocenters. The van der Waals surface area contributed by atoms with Crippen LogP contribution in [0.5, 0.6) is 0 Å². The van der Waals surface area contributed by atoms with Crippen molar-refractivity contribution in [2.24, 2.45) is 0 Å². The molecule has 0 radical (unpaired) electrons. The van der Waals surface area contributed by atoms with Crippen molar-refractivity contribution in [2.75, 3.05) is 47.1 Å². The van der Waals surface area contributed by atoms with Gasteiger partial charge in [0, 0.05) is 63.6 Å². The fourth-order valence-corrected chi connectivity index (χ4v) is 8.99. The summed E-state index contributed by atoms with van der Waals surface area (Å²) in [7, 11) is -1.13. The smallest absolute Gasteiger partial charge is 0.254 e. The zero-order valence-corrected chi connectivity index (χ0v) is 31.3. The maximum absolute atomic E-state index is 14.2. The van der Waals surface area contributed by atoms with Gasteiger partial charge in [0.05, 0.1) is 36.3 Å². The molecule has 0 aliphatic carbocycles. The van der Waals surface area contributed by atoms with Gasteiger partial charge in [-0.25, -0.2) is 17.2 Å². The third-order valence-electron chi connectivity index (χ3n) is 9.94. The van der Waals surface area contributed by atoms with Gasteiger partial charge in [0.1, 0.15) is 11.6 Å². The van der Waals surface area contributed by atoms with Crippen molar-refractivity contribution >= 4 is 21.8 Å². The number of nitrogens with zero attached hydrogens (tertiary/aromatic N) is 2. The summed E-state index contributed by atoms with van der Waals surface area (Å²) in [5.74, 6) is -2.82. The monoisotopic (exact) mass is 756 g/mol. The highest BCUT2D eigenvalue weighted by Crippen LogP contribution is 2.29. The van der Waals surface area contributed by atoms with E-state index in [1.807, 2.05) is 24.3 Å². The quantitative estimate of drug-likeness (QED) is 0.188. The Hall–Kier alpha value is -3.79. The number of ether oxygens (including phenoxy) is 2. The van der Waals surface area contributed by atoms with Crippen molar-refractivity contribution in [3.63, 3.8) is 0 Å². The van der Waals surface area contributed by atoms with Crippen LogP contribution in [0.1, 0.15) is 70.0 Å². The number of amides is 2. The van der Waals surface area contributed by atoms with Gasteiger partial charge >= 0.3 is 0 Å². The molecular formula is C39H50F2N4O7S. The number of aryl methyl sites for hydroxylation is 1. The molecule has 2 heterocycles. The van der Waals surface area contributed by atoms with E-state index in [0.29, 0.717) is 32.5 Å². The number of hydrogen-bond acceptors (Lipinski definition) is 8. The number of carbonyl (C=O) groups is 2. The SMILES string of the molecule is CCc1cccc(CNC[C@@H](O)[C@H](Cc2cc(F)cc(F)c2)NC(=O)c2cc(C(=O)N3CCC[C@H]3COC)cc(S(=O)(=O)N3CCC[C@@H]3COC)c2)c1. The van der Waals surface area contributed by atoms with Crippen LogP contribution in [0, 0.1) is 11.6 Å². The summed E-state index contributed by atoms with van der Waals surface area (Å²) in [5, 5.41) is 17.4. The van der Waals surface area contributed by atoms with E-state index < -0.39 is 51.7 Å². The normalized spacial score (nSPS) is 19.0. The van der Waals surface area contributed by atoms with Gasteiger partial charge < -0.3 is 30.1 Å². The average Bonchev–Trinajstić information content (AvgIpc) is 3.81. The highest BCUT2D eigenvalue weighted by atomic mass is 32.2. The van der Waals surface area contributed by atoms with E-state index in [1.54, 1.807) is 12.0 Å². The number of aliphatic hydroxyl groups is 1. The number of halogens is 2. The van der Waals surface area contributed by atoms with Crippen LogP contribution >= 0.6 is 0 Å². The highest BCUT2D eigenvalue weighted by molar-refractivity contribution is 7.89. The van der Waals surface area contributed by atoms with Gasteiger partial charge in [-0.3, -0.25) is 9.59 Å². The predicted octanol–water partition coefficient (Wildman–Crippen LogP) is 4.07. The van der Waals surface area contributed by atoms with E-state index in [-0.39, 0.29) is 53.7 Å². The van der Waals surface area contributed by atoms with Gasteiger partial charge in [0.2, 0.25) is 10.0 Å². The Labute approximate surface area is 310 Å². The van der Waals surface area contributed by atoms with Crippen LogP contribution in [-0.2, 0) is 38.9 Å². The van der Waals surface area contributed by atoms with E-state index in [9.17, 15) is 31.9 Å². The van der Waals surface area contributed by atoms with E-state index in [0.717, 1.165) is 48.6 Å². The van der Waals surface area contributed by atoms with Crippen molar-refractivity contribution in [1.82, 2.24) is 19.8 Å². The number of nitrogens with one attached hydrogen (secondary N) is 2. The van der Waals surface area contributed by atoms with Gasteiger partial charge in [-0.1, -0.05) is 31.2 Å². The van der Waals surface area contributed by atoms with Crippen LogP contribution in [-0.4, -0.2) is 106 Å². The molecule has 0 bridgehead atoms. The van der Waals surface area contributed by atoms with Crippen LogP contribution in [0.15, 0.2) is 65.6 Å². The standard InChI is InChI=1S/C39H50F2N4O7S/c1-4-26-8-5-9-27(14-26)22-42-23-37(46)36(17-28-15-31(40)21-32(41)16-28)43-38(47)29-18-30(39(48)44-12-6-10-33(44)24-51-2)20-35(19-29)53(49,50)45-13-7-11-34(45)25-52-3/h5,8-9,14-16,18-21,33-34,36-37,42,46H,4,6-7,10-13,17,22-25H2,1-3H3,(H,43,47)/t33-,34+,36-,37+/m0/s1. The number of sulfonamides is 1. The Bertz CT molecular complexity index is 1830. The molecule has 3 N–H and O–H groups in total. The summed E-state index contributed by atoms with van der Waals surface area (Å²) in [6, 6.07) is 13.2. The summed E-state index contributed by atoms with van der Waals surface area (Å²) in [6.07, 6.45) is 2.19. The minimum atomic E-state index is -4.18. The van der Waals surface area contributed by atoms with Crippen LogP contribution in [0.3, 0.4) is 0 Å². The molecule has 0 saturated carbocycles. The second kappa shape index (κ2) is 18.5. The first-order valence-electron chi connectivity index (χ1n) is 18.1. The Kier molecular flexibility index (Phi) is 14.1. The van der Waals surface area contributed by atoms with E-state index in [2.05, 4.69) is 17.6 Å². The molecule has 2 amide bonds. The summed E-state index contributed by atoms with van der Waals surface area (Å²) >= 11 is 0. The topological polar surface area (TPSA) is 138 Å². The van der Waals surface area contributed by atoms with Gasteiger partial charge in [-0.05, 0) is 85.5 Å². The maximum atomic E-state index is 14.2. The van der Waals surface area contributed by atoms with Gasteiger partial charge in [-0.2, -0.15) is 4.31 Å². The predicted molar refractivity (Wildman–Crippen MR) is 196 cm³/mol. The number of aliphatic hydroxyl groups excluding tert-OH is 1. The zero-order chi connectivity index (χ0) is 38.1. The zero-order valence-electron chi connectivity index (χ0n) is 30.5. The summed E-state index contributed by atoms with van der Waals surface area (Å²) in [6.45, 7) is 3.69. The molecule has 288 valence electrons. The van der Waals surface area contributed by atoms with Crippen molar-refractivity contribution in [2.45, 2.75) is 81.1 Å². The van der Waals surface area contributed by atoms with Crippen LogP contribution in [0.4, 0.5) is 8.78 Å². The summed E-state index contributed by atoms with van der Waals surface area (Å²) < 4.78 is 68.7. The lowest BCUT2D eigenvalue weighted by Crippen LogP contribution is -2.48. The number of likely N-dealkylation sites (tertiary alicyclic amines) is 1. The van der Waals surface area contributed by atoms with E-state index >= 15 is 0 Å².